The summed E-state index contributed by atoms with van der Waals surface area (Å²) >= 11 is 3.58. The predicted molar refractivity (Wildman–Crippen MR) is 106 cm³/mol. The Hall–Kier alpha value is -1.04. The van der Waals surface area contributed by atoms with Crippen molar-refractivity contribution in [1.82, 2.24) is 14.4 Å². The molecule has 0 radical (unpaired) electrons. The number of phenolic OH excluding ortho intramolecular Hbond substituents is 1. The smallest absolute Gasteiger partial charge is 0.135 e. The summed E-state index contributed by atoms with van der Waals surface area (Å²) in [5.41, 5.74) is 3.72. The average molecular weight is 406 g/mol. The zero-order chi connectivity index (χ0) is 17.6. The van der Waals surface area contributed by atoms with Crippen molar-refractivity contribution < 1.29 is 5.11 Å². The number of benzene rings is 1. The summed E-state index contributed by atoms with van der Waals surface area (Å²) in [6, 6.07) is 5.09. The number of hydrogen-bond donors (Lipinski definition) is 1. The first kappa shape index (κ1) is 17.4. The Morgan fingerprint density at radius 3 is 2.52 bits per heavy atom. The van der Waals surface area contributed by atoms with Gasteiger partial charge in [-0.1, -0.05) is 6.42 Å². The van der Waals surface area contributed by atoms with Crippen molar-refractivity contribution in [2.75, 3.05) is 27.2 Å². The van der Waals surface area contributed by atoms with Crippen LogP contribution in [0.3, 0.4) is 0 Å². The van der Waals surface area contributed by atoms with E-state index in [9.17, 15) is 5.11 Å². The zero-order valence-electron chi connectivity index (χ0n) is 15.3. The molecule has 4 rings (SSSR count). The van der Waals surface area contributed by atoms with Gasteiger partial charge in [-0.2, -0.15) is 0 Å². The molecule has 1 aromatic carbocycles. The van der Waals surface area contributed by atoms with Gasteiger partial charge >= 0.3 is 0 Å². The number of piperidine rings is 1. The van der Waals surface area contributed by atoms with E-state index in [1.54, 1.807) is 0 Å². The maximum absolute atomic E-state index is 10.6. The Morgan fingerprint density at radius 2 is 1.88 bits per heavy atom. The largest absolute Gasteiger partial charge is 0.506 e. The second kappa shape index (κ2) is 6.93. The molecular weight excluding hydrogens is 378 g/mol. The number of hydrogen-bond acceptors (Lipinski definition) is 3. The highest BCUT2D eigenvalue weighted by molar-refractivity contribution is 9.10. The maximum Gasteiger partial charge on any atom is 0.135 e. The molecule has 0 unspecified atom stereocenters. The molecule has 0 amide bonds. The number of aromatic hydroxyl groups is 1. The molecule has 136 valence electrons. The van der Waals surface area contributed by atoms with Gasteiger partial charge in [0.05, 0.1) is 9.99 Å². The average Bonchev–Trinajstić information content (AvgIpc) is 3.35. The Kier molecular flexibility index (Phi) is 4.82. The summed E-state index contributed by atoms with van der Waals surface area (Å²) in [6.45, 7) is 4.21. The highest BCUT2D eigenvalue weighted by atomic mass is 79.9. The summed E-state index contributed by atoms with van der Waals surface area (Å²) in [7, 11) is 4.11. The molecule has 0 bridgehead atoms. The maximum atomic E-state index is 10.6. The Balaban J connectivity index is 1.80. The van der Waals surface area contributed by atoms with Gasteiger partial charge in [0.15, 0.2) is 0 Å². The van der Waals surface area contributed by atoms with Crippen molar-refractivity contribution in [3.63, 3.8) is 0 Å². The van der Waals surface area contributed by atoms with Crippen molar-refractivity contribution in [2.24, 2.45) is 0 Å². The minimum absolute atomic E-state index is 0.388. The van der Waals surface area contributed by atoms with Crippen LogP contribution in [0.4, 0.5) is 0 Å². The van der Waals surface area contributed by atoms with Gasteiger partial charge in [-0.3, -0.25) is 4.90 Å². The minimum atomic E-state index is 0.388. The number of likely N-dealkylation sites (tertiary alicyclic amines) is 1. The third-order valence-electron chi connectivity index (χ3n) is 5.48. The lowest BCUT2D eigenvalue weighted by Crippen LogP contribution is -2.29. The zero-order valence-corrected chi connectivity index (χ0v) is 16.8. The quantitative estimate of drug-likeness (QED) is 0.794. The summed E-state index contributed by atoms with van der Waals surface area (Å²) in [6.07, 6.45) is 6.57. The fourth-order valence-electron chi connectivity index (χ4n) is 4.15. The first-order chi connectivity index (χ1) is 12.0. The molecule has 1 saturated carbocycles. The molecule has 2 heterocycles. The van der Waals surface area contributed by atoms with E-state index in [4.69, 9.17) is 0 Å². The van der Waals surface area contributed by atoms with Crippen LogP contribution in [-0.2, 0) is 13.1 Å². The lowest BCUT2D eigenvalue weighted by Gasteiger charge is -2.27. The van der Waals surface area contributed by atoms with Gasteiger partial charge in [-0.15, -0.1) is 0 Å². The normalized spacial score (nSPS) is 19.2. The van der Waals surface area contributed by atoms with E-state index in [0.717, 1.165) is 23.1 Å². The molecule has 0 spiro atoms. The van der Waals surface area contributed by atoms with Crippen LogP contribution in [0, 0.1) is 0 Å². The SMILES string of the molecule is CN(C)Cc1c(O)c(Br)cc2c1cc(CN1CCCCC1)n2C1CC1. The van der Waals surface area contributed by atoms with Gasteiger partial charge in [-0.05, 0) is 80.9 Å². The van der Waals surface area contributed by atoms with Gasteiger partial charge < -0.3 is 14.6 Å². The molecule has 2 aromatic rings. The van der Waals surface area contributed by atoms with Crippen molar-refractivity contribution in [1.29, 1.82) is 0 Å². The number of halogens is 1. The van der Waals surface area contributed by atoms with Crippen LogP contribution in [0.5, 0.6) is 5.75 Å². The summed E-state index contributed by atoms with van der Waals surface area (Å²) in [5, 5.41) is 11.8. The molecule has 2 fully saturated rings. The van der Waals surface area contributed by atoms with Crippen LogP contribution < -0.4 is 0 Å². The monoisotopic (exact) mass is 405 g/mol. The van der Waals surface area contributed by atoms with Gasteiger partial charge in [0.25, 0.3) is 0 Å². The van der Waals surface area contributed by atoms with Crippen LogP contribution in [-0.4, -0.2) is 46.7 Å². The molecule has 0 atom stereocenters. The summed E-state index contributed by atoms with van der Waals surface area (Å²) in [4.78, 5) is 4.72. The first-order valence-corrected chi connectivity index (χ1v) is 10.2. The van der Waals surface area contributed by atoms with E-state index in [1.807, 2.05) is 0 Å². The van der Waals surface area contributed by atoms with E-state index in [2.05, 4.69) is 56.5 Å². The minimum Gasteiger partial charge on any atom is -0.506 e. The van der Waals surface area contributed by atoms with Crippen LogP contribution in [0.1, 0.15) is 49.4 Å². The standard InChI is InChI=1S/C20H28BrN3O/c1-22(2)13-17-16-10-15(12-23-8-4-3-5-9-23)24(14-6-7-14)19(16)11-18(21)20(17)25/h10-11,14,25H,3-9,12-13H2,1-2H3. The van der Waals surface area contributed by atoms with Crippen LogP contribution >= 0.6 is 15.9 Å². The molecule has 25 heavy (non-hydrogen) atoms. The van der Waals surface area contributed by atoms with Gasteiger partial charge in [-0.25, -0.2) is 0 Å². The lowest BCUT2D eigenvalue weighted by molar-refractivity contribution is 0.216. The Labute approximate surface area is 158 Å². The summed E-state index contributed by atoms with van der Waals surface area (Å²) < 4.78 is 3.36. The number of phenols is 1. The molecule has 1 aliphatic carbocycles. The van der Waals surface area contributed by atoms with E-state index in [0.29, 0.717) is 11.8 Å². The van der Waals surface area contributed by atoms with E-state index >= 15 is 0 Å². The highest BCUT2D eigenvalue weighted by Crippen LogP contribution is 2.44. The lowest BCUT2D eigenvalue weighted by atomic mass is 10.1. The van der Waals surface area contributed by atoms with Gasteiger partial charge in [0.1, 0.15) is 5.75 Å². The van der Waals surface area contributed by atoms with E-state index < -0.39 is 0 Å². The molecule has 1 aliphatic heterocycles. The molecule has 2 aliphatic rings. The van der Waals surface area contributed by atoms with Crippen molar-refractivity contribution in [3.05, 3.63) is 27.9 Å². The van der Waals surface area contributed by atoms with Gasteiger partial charge in [0.2, 0.25) is 0 Å². The van der Waals surface area contributed by atoms with Crippen molar-refractivity contribution >= 4 is 26.8 Å². The van der Waals surface area contributed by atoms with Crippen molar-refractivity contribution in [2.45, 2.75) is 51.2 Å². The molecule has 1 aromatic heterocycles. The highest BCUT2D eigenvalue weighted by Gasteiger charge is 2.29. The third-order valence-corrected chi connectivity index (χ3v) is 6.08. The van der Waals surface area contributed by atoms with Crippen LogP contribution in [0.15, 0.2) is 16.6 Å². The van der Waals surface area contributed by atoms with E-state index in [-0.39, 0.29) is 0 Å². The van der Waals surface area contributed by atoms with Crippen LogP contribution in [0.25, 0.3) is 10.9 Å². The molecule has 4 nitrogen and oxygen atoms in total. The van der Waals surface area contributed by atoms with Crippen molar-refractivity contribution in [3.8, 4) is 5.75 Å². The third kappa shape index (κ3) is 3.46. The number of aromatic nitrogens is 1. The first-order valence-electron chi connectivity index (χ1n) is 9.46. The number of rotatable bonds is 5. The second-order valence-electron chi connectivity index (χ2n) is 7.93. The Bertz CT molecular complexity index is 773. The van der Waals surface area contributed by atoms with Crippen LogP contribution in [0.2, 0.25) is 0 Å². The number of nitrogens with zero attached hydrogens (tertiary/aromatic N) is 3. The molecule has 5 heteroatoms. The van der Waals surface area contributed by atoms with Gasteiger partial charge in [0, 0.05) is 35.8 Å². The van der Waals surface area contributed by atoms with E-state index in [1.165, 1.54) is 61.8 Å². The predicted octanol–water partition coefficient (Wildman–Crippen LogP) is 4.49. The fraction of sp³-hybridized carbons (Fsp3) is 0.600. The second-order valence-corrected chi connectivity index (χ2v) is 8.78. The molecule has 1 N–H and O–H groups in total. The summed E-state index contributed by atoms with van der Waals surface area (Å²) in [5.74, 6) is 0.388. The molecular formula is C20H28BrN3O. The fourth-order valence-corrected chi connectivity index (χ4v) is 4.61. The number of fused-ring (bicyclic) bond motifs is 1. The Morgan fingerprint density at radius 1 is 1.16 bits per heavy atom. The molecule has 1 saturated heterocycles. The topological polar surface area (TPSA) is 31.6 Å².